The molecule has 0 heterocycles. The quantitative estimate of drug-likeness (QED) is 0.442. The number of esters is 1. The Morgan fingerprint density at radius 2 is 1.65 bits per heavy atom. The van der Waals surface area contributed by atoms with Crippen LogP contribution in [0.15, 0.2) is 0 Å². The van der Waals surface area contributed by atoms with Gasteiger partial charge in [-0.2, -0.15) is 0 Å². The Labute approximate surface area is 128 Å². The first-order valence-electron chi connectivity index (χ1n) is 6.26. The van der Waals surface area contributed by atoms with E-state index in [0.29, 0.717) is 5.92 Å². The standard InChI is InChI=1S/C12H17Br3O2/c13-12(14,15)11(16)17-10-7-3-5-8-4-1-2-6-9(8)10/h8-10H,1-7H2. The second-order valence-corrected chi connectivity index (χ2v) is 11.8. The number of hydrogen-bond acceptors (Lipinski definition) is 2. The molecule has 0 aromatic heterocycles. The monoisotopic (exact) mass is 430 g/mol. The van der Waals surface area contributed by atoms with Crippen LogP contribution < -0.4 is 0 Å². The van der Waals surface area contributed by atoms with Gasteiger partial charge in [0.15, 0.2) is 0 Å². The molecule has 2 rings (SSSR count). The Morgan fingerprint density at radius 3 is 2.35 bits per heavy atom. The summed E-state index contributed by atoms with van der Waals surface area (Å²) in [6.45, 7) is 0. The second-order valence-electron chi connectivity index (χ2n) is 5.08. The van der Waals surface area contributed by atoms with Gasteiger partial charge >= 0.3 is 5.97 Å². The van der Waals surface area contributed by atoms with Gasteiger partial charge in [0.25, 0.3) is 0 Å². The Balaban J connectivity index is 1.97. The average molecular weight is 433 g/mol. The van der Waals surface area contributed by atoms with Crippen molar-refractivity contribution in [3.8, 4) is 0 Å². The molecule has 5 heteroatoms. The summed E-state index contributed by atoms with van der Waals surface area (Å²) in [4.78, 5) is 11.8. The molecule has 98 valence electrons. The van der Waals surface area contributed by atoms with Crippen molar-refractivity contribution < 1.29 is 9.53 Å². The number of alkyl halides is 3. The zero-order chi connectivity index (χ0) is 12.5. The molecule has 2 fully saturated rings. The van der Waals surface area contributed by atoms with Crippen molar-refractivity contribution in [2.75, 3.05) is 0 Å². The molecule has 0 N–H and O–H groups in total. The van der Waals surface area contributed by atoms with Gasteiger partial charge in [0.1, 0.15) is 6.10 Å². The second kappa shape index (κ2) is 5.91. The molecule has 0 spiro atoms. The average Bonchev–Trinajstić information content (AvgIpc) is 2.28. The minimum absolute atomic E-state index is 0.119. The Kier molecular flexibility index (Phi) is 4.98. The summed E-state index contributed by atoms with van der Waals surface area (Å²) in [6, 6.07) is 0. The third kappa shape index (κ3) is 3.69. The molecule has 3 atom stereocenters. The van der Waals surface area contributed by atoms with Gasteiger partial charge in [-0.15, -0.1) is 0 Å². The molecule has 0 aliphatic heterocycles. The minimum Gasteiger partial charge on any atom is -0.460 e. The van der Waals surface area contributed by atoms with Crippen molar-refractivity contribution in [2.24, 2.45) is 11.8 Å². The van der Waals surface area contributed by atoms with Crippen LogP contribution in [-0.2, 0) is 9.53 Å². The molecule has 0 bridgehead atoms. The lowest BCUT2D eigenvalue weighted by molar-refractivity contribution is -0.154. The fourth-order valence-electron chi connectivity index (χ4n) is 3.23. The van der Waals surface area contributed by atoms with Gasteiger partial charge in [0.2, 0.25) is 2.14 Å². The lowest BCUT2D eigenvalue weighted by Gasteiger charge is -2.41. The Bertz CT molecular complexity index is 286. The van der Waals surface area contributed by atoms with Crippen LogP contribution in [0.1, 0.15) is 44.9 Å². The summed E-state index contributed by atoms with van der Waals surface area (Å²) >= 11 is 9.65. The fraction of sp³-hybridized carbons (Fsp3) is 0.917. The zero-order valence-electron chi connectivity index (χ0n) is 9.63. The Morgan fingerprint density at radius 1 is 1.00 bits per heavy atom. The molecule has 2 aliphatic rings. The molecule has 0 amide bonds. The first kappa shape index (κ1) is 14.3. The SMILES string of the molecule is O=C(OC1CCCC2CCCCC21)C(Br)(Br)Br. The first-order chi connectivity index (χ1) is 7.98. The molecule has 3 unspecified atom stereocenters. The van der Waals surface area contributed by atoms with Crippen LogP contribution in [0.3, 0.4) is 0 Å². The van der Waals surface area contributed by atoms with Gasteiger partial charge in [-0.1, -0.05) is 19.3 Å². The van der Waals surface area contributed by atoms with Crippen LogP contribution in [0.2, 0.25) is 0 Å². The van der Waals surface area contributed by atoms with Crippen molar-refractivity contribution in [2.45, 2.75) is 53.2 Å². The molecular weight excluding hydrogens is 416 g/mol. The van der Waals surface area contributed by atoms with Crippen LogP contribution in [0.4, 0.5) is 0 Å². The summed E-state index contributed by atoms with van der Waals surface area (Å²) in [6.07, 6.45) is 8.84. The van der Waals surface area contributed by atoms with Crippen molar-refractivity contribution in [3.05, 3.63) is 0 Å². The van der Waals surface area contributed by atoms with Crippen molar-refractivity contribution in [1.29, 1.82) is 0 Å². The van der Waals surface area contributed by atoms with Gasteiger partial charge in [0.05, 0.1) is 0 Å². The van der Waals surface area contributed by atoms with Gasteiger partial charge in [0, 0.05) is 0 Å². The number of halogens is 3. The summed E-state index contributed by atoms with van der Waals surface area (Å²) in [5, 5.41) is 0. The van der Waals surface area contributed by atoms with Gasteiger partial charge in [-0.05, 0) is 85.3 Å². The van der Waals surface area contributed by atoms with Gasteiger partial charge in [-0.25, -0.2) is 4.79 Å². The van der Waals surface area contributed by atoms with Gasteiger partial charge in [-0.3, -0.25) is 0 Å². The van der Waals surface area contributed by atoms with Crippen LogP contribution in [0.25, 0.3) is 0 Å². The maximum absolute atomic E-state index is 11.8. The van der Waals surface area contributed by atoms with E-state index in [1.54, 1.807) is 0 Å². The highest BCUT2D eigenvalue weighted by Gasteiger charge is 2.40. The molecule has 2 saturated carbocycles. The predicted octanol–water partition coefficient (Wildman–Crippen LogP) is 4.73. The minimum atomic E-state index is -0.922. The smallest absolute Gasteiger partial charge is 0.345 e. The van der Waals surface area contributed by atoms with E-state index in [9.17, 15) is 4.79 Å². The largest absolute Gasteiger partial charge is 0.460 e. The molecule has 2 nitrogen and oxygen atoms in total. The van der Waals surface area contributed by atoms with E-state index >= 15 is 0 Å². The highest BCUT2D eigenvalue weighted by atomic mass is 80.0. The van der Waals surface area contributed by atoms with E-state index in [4.69, 9.17) is 4.74 Å². The molecule has 0 radical (unpaired) electrons. The van der Waals surface area contributed by atoms with Crippen LogP contribution in [0.5, 0.6) is 0 Å². The maximum atomic E-state index is 11.8. The number of rotatable bonds is 1. The number of carbonyl (C=O) groups is 1. The third-order valence-corrected chi connectivity index (χ3v) is 4.97. The number of fused-ring (bicyclic) bond motifs is 1. The van der Waals surface area contributed by atoms with E-state index in [0.717, 1.165) is 12.3 Å². The van der Waals surface area contributed by atoms with Crippen LogP contribution in [0, 0.1) is 11.8 Å². The molecule has 2 aliphatic carbocycles. The zero-order valence-corrected chi connectivity index (χ0v) is 14.4. The number of ether oxygens (including phenoxy) is 1. The summed E-state index contributed by atoms with van der Waals surface area (Å²) in [7, 11) is 0. The van der Waals surface area contributed by atoms with E-state index < -0.39 is 2.14 Å². The molecule has 0 aromatic rings. The van der Waals surface area contributed by atoms with Crippen LogP contribution >= 0.6 is 47.8 Å². The van der Waals surface area contributed by atoms with Gasteiger partial charge < -0.3 is 4.74 Å². The predicted molar refractivity (Wildman–Crippen MR) is 78.7 cm³/mol. The summed E-state index contributed by atoms with van der Waals surface area (Å²) in [5.74, 6) is 1.11. The van der Waals surface area contributed by atoms with E-state index in [1.165, 1.54) is 38.5 Å². The number of hydrogen-bond donors (Lipinski definition) is 0. The van der Waals surface area contributed by atoms with E-state index in [1.807, 2.05) is 0 Å². The van der Waals surface area contributed by atoms with Crippen LogP contribution in [-0.4, -0.2) is 14.2 Å². The number of carbonyl (C=O) groups excluding carboxylic acids is 1. The third-order valence-electron chi connectivity index (χ3n) is 4.00. The van der Waals surface area contributed by atoms with Crippen molar-refractivity contribution in [3.63, 3.8) is 0 Å². The first-order valence-corrected chi connectivity index (χ1v) is 8.64. The normalized spacial score (nSPS) is 33.9. The van der Waals surface area contributed by atoms with Crippen molar-refractivity contribution >= 4 is 53.8 Å². The molecule has 0 aromatic carbocycles. The molecule has 0 saturated heterocycles. The summed E-state index contributed by atoms with van der Waals surface area (Å²) < 4.78 is 4.72. The lowest BCUT2D eigenvalue weighted by atomic mass is 9.69. The molecular formula is C12H17Br3O2. The highest BCUT2D eigenvalue weighted by molar-refractivity contribution is 9.40. The molecule has 17 heavy (non-hydrogen) atoms. The van der Waals surface area contributed by atoms with E-state index in [-0.39, 0.29) is 12.1 Å². The lowest BCUT2D eigenvalue weighted by Crippen LogP contribution is -2.39. The van der Waals surface area contributed by atoms with Crippen molar-refractivity contribution in [1.82, 2.24) is 0 Å². The summed E-state index contributed by atoms with van der Waals surface area (Å²) in [5.41, 5.74) is 0. The Hall–Kier alpha value is 0.910. The fourth-order valence-corrected chi connectivity index (χ4v) is 3.51. The highest BCUT2D eigenvalue weighted by Crippen LogP contribution is 2.43. The maximum Gasteiger partial charge on any atom is 0.345 e. The topological polar surface area (TPSA) is 26.3 Å². The van der Waals surface area contributed by atoms with E-state index in [2.05, 4.69) is 47.8 Å².